The normalized spacial score (nSPS) is 12.6. The van der Waals surface area contributed by atoms with Crippen LogP contribution in [0, 0.1) is 5.92 Å². The first-order valence-electron chi connectivity index (χ1n) is 16.2. The highest BCUT2D eigenvalue weighted by Crippen LogP contribution is 2.10. The van der Waals surface area contributed by atoms with Crippen molar-refractivity contribution in [3.05, 3.63) is 108 Å². The Morgan fingerprint density at radius 1 is 0.604 bits per heavy atom. The van der Waals surface area contributed by atoms with Crippen LogP contribution in [0.1, 0.15) is 56.7 Å². The summed E-state index contributed by atoms with van der Waals surface area (Å²) in [6.45, 7) is 5.50. The molecule has 3 aromatic rings. The van der Waals surface area contributed by atoms with Crippen molar-refractivity contribution in [1.82, 2.24) is 21.3 Å². The zero-order valence-corrected chi connectivity index (χ0v) is 27.8. The van der Waals surface area contributed by atoms with Gasteiger partial charge in [0.1, 0.15) is 25.3 Å². The van der Waals surface area contributed by atoms with Gasteiger partial charge in [-0.3, -0.25) is 14.4 Å². The average molecular weight is 659 g/mol. The highest BCUT2D eigenvalue weighted by molar-refractivity contribution is 5.94. The first-order chi connectivity index (χ1) is 23.1. The molecule has 0 radical (unpaired) electrons. The molecule has 48 heavy (non-hydrogen) atoms. The maximum Gasteiger partial charge on any atom is 0.408 e. The Morgan fingerprint density at radius 2 is 1.10 bits per heavy atom. The summed E-state index contributed by atoms with van der Waals surface area (Å²) in [6, 6.07) is 24.9. The van der Waals surface area contributed by atoms with E-state index in [4.69, 9.17) is 9.47 Å². The number of Topliss-reactive ketones (excluding diaryl/α,β-unsaturated/α-hetero) is 1. The van der Waals surface area contributed by atoms with Crippen LogP contribution >= 0.6 is 0 Å². The number of rotatable bonds is 18. The number of hydrogen-bond acceptors (Lipinski definition) is 7. The third-order valence-corrected chi connectivity index (χ3v) is 7.56. The van der Waals surface area contributed by atoms with Crippen LogP contribution in [0.5, 0.6) is 0 Å². The molecule has 0 heterocycles. The molecule has 0 bridgehead atoms. The SMILES string of the molecule is CC(=O)[C@H](CCCCNC(=O)OCc1ccccc1)NC(=O)[C@H](Cc1ccccc1)NC(=O)[C@H](NC(=O)OCc1ccccc1)C(C)C. The zero-order valence-electron chi connectivity index (χ0n) is 27.8. The van der Waals surface area contributed by atoms with Gasteiger partial charge in [0.2, 0.25) is 11.8 Å². The van der Waals surface area contributed by atoms with Crippen molar-refractivity contribution in [2.75, 3.05) is 6.54 Å². The number of nitrogens with one attached hydrogen (secondary N) is 4. The molecule has 256 valence electrons. The molecule has 0 aliphatic rings. The van der Waals surface area contributed by atoms with Crippen molar-refractivity contribution in [2.45, 2.75) is 77.8 Å². The number of amides is 4. The van der Waals surface area contributed by atoms with Crippen molar-refractivity contribution in [3.63, 3.8) is 0 Å². The maximum atomic E-state index is 13.6. The van der Waals surface area contributed by atoms with Crippen molar-refractivity contribution < 1.29 is 33.4 Å². The summed E-state index contributed by atoms with van der Waals surface area (Å²) in [5, 5.41) is 10.9. The molecule has 3 aromatic carbocycles. The van der Waals surface area contributed by atoms with Crippen molar-refractivity contribution in [3.8, 4) is 0 Å². The first-order valence-corrected chi connectivity index (χ1v) is 16.2. The lowest BCUT2D eigenvalue weighted by molar-refractivity contribution is -0.132. The van der Waals surface area contributed by atoms with E-state index in [1.54, 1.807) is 13.8 Å². The van der Waals surface area contributed by atoms with Crippen LogP contribution in [0.4, 0.5) is 9.59 Å². The first kappa shape index (κ1) is 37.3. The van der Waals surface area contributed by atoms with Crippen LogP contribution in [-0.2, 0) is 43.5 Å². The minimum Gasteiger partial charge on any atom is -0.445 e. The third kappa shape index (κ3) is 13.7. The zero-order chi connectivity index (χ0) is 34.7. The molecule has 0 saturated carbocycles. The molecular weight excluding hydrogens is 612 g/mol. The lowest BCUT2D eigenvalue weighted by atomic mass is 10.00. The van der Waals surface area contributed by atoms with E-state index in [1.165, 1.54) is 6.92 Å². The van der Waals surface area contributed by atoms with E-state index in [-0.39, 0.29) is 31.3 Å². The molecule has 0 saturated heterocycles. The lowest BCUT2D eigenvalue weighted by Gasteiger charge is -2.26. The molecule has 11 nitrogen and oxygen atoms in total. The Bertz CT molecular complexity index is 1450. The maximum absolute atomic E-state index is 13.6. The van der Waals surface area contributed by atoms with Crippen LogP contribution in [0.2, 0.25) is 0 Å². The second-order valence-electron chi connectivity index (χ2n) is 11.8. The number of unbranched alkanes of at least 4 members (excludes halogenated alkanes) is 1. The van der Waals surface area contributed by atoms with E-state index < -0.39 is 42.1 Å². The fraction of sp³-hybridized carbons (Fsp3) is 0.378. The van der Waals surface area contributed by atoms with Crippen molar-refractivity contribution in [2.24, 2.45) is 5.92 Å². The van der Waals surface area contributed by atoms with E-state index in [0.717, 1.165) is 16.7 Å². The predicted octanol–water partition coefficient (Wildman–Crippen LogP) is 4.84. The van der Waals surface area contributed by atoms with Gasteiger partial charge in [0, 0.05) is 13.0 Å². The van der Waals surface area contributed by atoms with Gasteiger partial charge in [0.15, 0.2) is 5.78 Å². The number of hydrogen-bond donors (Lipinski definition) is 4. The Morgan fingerprint density at radius 3 is 1.62 bits per heavy atom. The summed E-state index contributed by atoms with van der Waals surface area (Å²) in [7, 11) is 0. The molecule has 4 N–H and O–H groups in total. The fourth-order valence-electron chi connectivity index (χ4n) is 4.83. The van der Waals surface area contributed by atoms with Gasteiger partial charge in [0.25, 0.3) is 0 Å². The van der Waals surface area contributed by atoms with Crippen molar-refractivity contribution >= 4 is 29.8 Å². The van der Waals surface area contributed by atoms with Crippen LogP contribution in [0.25, 0.3) is 0 Å². The molecule has 3 rings (SSSR count). The van der Waals surface area contributed by atoms with Gasteiger partial charge in [-0.15, -0.1) is 0 Å². The summed E-state index contributed by atoms with van der Waals surface area (Å²) in [6.07, 6.45) is 0.329. The van der Waals surface area contributed by atoms with Gasteiger partial charge >= 0.3 is 12.2 Å². The largest absolute Gasteiger partial charge is 0.445 e. The number of ketones is 1. The Balaban J connectivity index is 1.55. The molecule has 0 unspecified atom stereocenters. The highest BCUT2D eigenvalue weighted by atomic mass is 16.6. The van der Waals surface area contributed by atoms with E-state index in [9.17, 15) is 24.0 Å². The Hall–Kier alpha value is -5.19. The van der Waals surface area contributed by atoms with Crippen molar-refractivity contribution in [1.29, 1.82) is 0 Å². The summed E-state index contributed by atoms with van der Waals surface area (Å²) >= 11 is 0. The highest BCUT2D eigenvalue weighted by Gasteiger charge is 2.31. The summed E-state index contributed by atoms with van der Waals surface area (Å²) in [5.74, 6) is -1.62. The number of benzene rings is 3. The van der Waals surface area contributed by atoms with Crippen LogP contribution in [0.3, 0.4) is 0 Å². The predicted molar refractivity (Wildman–Crippen MR) is 182 cm³/mol. The Kier molecular flexibility index (Phi) is 15.6. The molecule has 0 aliphatic heterocycles. The number of carbonyl (C=O) groups is 5. The second-order valence-corrected chi connectivity index (χ2v) is 11.8. The number of ether oxygens (including phenoxy) is 2. The van der Waals surface area contributed by atoms with E-state index in [2.05, 4.69) is 21.3 Å². The number of carbonyl (C=O) groups excluding carboxylic acids is 5. The monoisotopic (exact) mass is 658 g/mol. The molecule has 0 aliphatic carbocycles. The van der Waals surface area contributed by atoms with Gasteiger partial charge in [0.05, 0.1) is 6.04 Å². The van der Waals surface area contributed by atoms with Gasteiger partial charge in [-0.2, -0.15) is 0 Å². The fourth-order valence-corrected chi connectivity index (χ4v) is 4.83. The second kappa shape index (κ2) is 20.1. The Labute approximate surface area is 282 Å². The quantitative estimate of drug-likeness (QED) is 0.143. The average Bonchev–Trinajstić information content (AvgIpc) is 3.08. The molecule has 3 atom stereocenters. The summed E-state index contributed by atoms with van der Waals surface area (Å²) < 4.78 is 10.5. The molecule has 0 fully saturated rings. The summed E-state index contributed by atoms with van der Waals surface area (Å²) in [5.41, 5.74) is 2.49. The third-order valence-electron chi connectivity index (χ3n) is 7.56. The van der Waals surface area contributed by atoms with Gasteiger partial charge in [-0.25, -0.2) is 9.59 Å². The topological polar surface area (TPSA) is 152 Å². The van der Waals surface area contributed by atoms with Crippen LogP contribution in [-0.4, -0.2) is 54.5 Å². The van der Waals surface area contributed by atoms with E-state index in [1.807, 2.05) is 91.0 Å². The molecule has 0 aromatic heterocycles. The molecule has 0 spiro atoms. The summed E-state index contributed by atoms with van der Waals surface area (Å²) in [4.78, 5) is 64.1. The van der Waals surface area contributed by atoms with Gasteiger partial charge < -0.3 is 30.7 Å². The van der Waals surface area contributed by atoms with Gasteiger partial charge in [-0.1, -0.05) is 105 Å². The van der Waals surface area contributed by atoms with Crippen LogP contribution < -0.4 is 21.3 Å². The van der Waals surface area contributed by atoms with Gasteiger partial charge in [-0.05, 0) is 48.8 Å². The minimum absolute atomic E-state index is 0.0407. The standard InChI is InChI=1S/C37H46N4O7/c1-26(2)33(41-37(46)48-25-30-19-11-6-12-20-30)35(44)40-32(23-28-15-7-4-8-16-28)34(43)39-31(27(3)42)21-13-14-22-38-36(45)47-24-29-17-9-5-10-18-29/h4-12,15-20,26,31-33H,13-14,21-25H2,1-3H3,(H,38,45)(H,39,43)(H,40,44)(H,41,46)/t31-,32-,33+/m0/s1. The lowest BCUT2D eigenvalue weighted by Crippen LogP contribution is -2.57. The number of alkyl carbamates (subject to hydrolysis) is 2. The van der Waals surface area contributed by atoms with Crippen LogP contribution in [0.15, 0.2) is 91.0 Å². The van der Waals surface area contributed by atoms with E-state index in [0.29, 0.717) is 25.8 Å². The smallest absolute Gasteiger partial charge is 0.408 e. The molecular formula is C37H46N4O7. The molecule has 11 heteroatoms. The minimum atomic E-state index is -1.02. The van der Waals surface area contributed by atoms with E-state index >= 15 is 0 Å². The molecule has 4 amide bonds.